The molecule has 2 atom stereocenters. The van der Waals surface area contributed by atoms with Crippen LogP contribution in [-0.4, -0.2) is 46.5 Å². The lowest BCUT2D eigenvalue weighted by atomic mass is 9.80. The van der Waals surface area contributed by atoms with Crippen molar-refractivity contribution in [3.63, 3.8) is 0 Å². The van der Waals surface area contributed by atoms with Gasteiger partial charge < -0.3 is 0 Å². The normalized spacial score (nSPS) is 16.8. The summed E-state index contributed by atoms with van der Waals surface area (Å²) >= 11 is 3.73. The average Bonchev–Trinajstić information content (AvgIpc) is 4.18. The highest BCUT2D eigenvalue weighted by atomic mass is 32.1. The second-order valence-corrected chi connectivity index (χ2v) is 27.8. The number of benzene rings is 2. The van der Waals surface area contributed by atoms with Crippen LogP contribution in [0.1, 0.15) is 332 Å². The molecule has 2 aromatic carbocycles. The first-order chi connectivity index (χ1) is 39.1. The van der Waals surface area contributed by atoms with E-state index in [9.17, 15) is 0 Å². The van der Waals surface area contributed by atoms with Gasteiger partial charge in [-0.3, -0.25) is 29.0 Å². The minimum absolute atomic E-state index is 0.212. The van der Waals surface area contributed by atoms with Crippen LogP contribution in [0.3, 0.4) is 0 Å². The minimum atomic E-state index is -0.271. The number of carbonyl (C=O) groups excluding carboxylic acids is 4. The van der Waals surface area contributed by atoms with E-state index in [-0.39, 0.29) is 35.5 Å². The predicted molar refractivity (Wildman–Crippen MR) is 342 cm³/mol. The summed E-state index contributed by atoms with van der Waals surface area (Å²) in [5, 5.41) is 1.05. The van der Waals surface area contributed by atoms with Crippen LogP contribution in [0.25, 0.3) is 32.4 Å². The van der Waals surface area contributed by atoms with Crippen molar-refractivity contribution in [2.24, 2.45) is 11.8 Å². The van der Waals surface area contributed by atoms with E-state index >= 15 is 19.2 Å². The number of thiophene rings is 2. The van der Waals surface area contributed by atoms with Crippen LogP contribution in [0.15, 0.2) is 24.3 Å². The molecular weight excluding hydrogens is 1020 g/mol. The molecule has 2 aliphatic heterocycles. The van der Waals surface area contributed by atoms with Crippen molar-refractivity contribution < 1.29 is 19.2 Å². The summed E-state index contributed by atoms with van der Waals surface area (Å²) in [5.41, 5.74) is 9.11. The monoisotopic (exact) mass is 1120 g/mol. The third kappa shape index (κ3) is 15.5. The minimum Gasteiger partial charge on any atom is -0.274 e. The number of hydrogen-bond acceptors (Lipinski definition) is 6. The Morgan fingerprint density at radius 3 is 1.21 bits per heavy atom. The lowest BCUT2D eigenvalue weighted by Gasteiger charge is -2.36. The van der Waals surface area contributed by atoms with Gasteiger partial charge in [0.25, 0.3) is 23.6 Å². The molecule has 0 bridgehead atoms. The van der Waals surface area contributed by atoms with E-state index in [1.807, 2.05) is 30.4 Å². The van der Waals surface area contributed by atoms with Crippen LogP contribution in [0.2, 0.25) is 0 Å². The highest BCUT2D eigenvalue weighted by molar-refractivity contribution is 7.16. The Morgan fingerprint density at radius 1 is 0.388 bits per heavy atom. The number of hydrogen-bond donors (Lipinski definition) is 0. The number of allylic oxidation sites excluding steroid dienone is 2. The first-order valence-corrected chi connectivity index (χ1v) is 35.0. The summed E-state index contributed by atoms with van der Waals surface area (Å²) < 4.78 is 0. The zero-order valence-corrected chi connectivity index (χ0v) is 52.7. The lowest BCUT2D eigenvalue weighted by molar-refractivity contribution is 0.0556. The highest BCUT2D eigenvalue weighted by Crippen LogP contribution is 2.51. The van der Waals surface area contributed by atoms with Gasteiger partial charge in [-0.15, -0.1) is 22.7 Å². The van der Waals surface area contributed by atoms with Crippen molar-refractivity contribution in [1.29, 1.82) is 0 Å². The highest BCUT2D eigenvalue weighted by Gasteiger charge is 2.44. The maximum absolute atomic E-state index is 15.9. The Morgan fingerprint density at radius 2 is 0.762 bits per heavy atom. The van der Waals surface area contributed by atoms with E-state index in [2.05, 4.69) is 46.8 Å². The number of carbonyl (C=O) groups is 4. The SMILES string of the molecule is CCCCCCCCCCC(CCCCCCCC)CN1C(=O)c2cc(-c3cc4c(s3)CCC/C4=C3/CCCc4sc(C)cc43)c3c4c(cc(C)c(c24)C1=O)C(=O)N(CC(CCCCCCCC)CCCCCCCCCC)C3=O. The zero-order valence-electron chi connectivity index (χ0n) is 51.1. The average molecular weight is 1130 g/mol. The molecule has 0 fully saturated rings. The topological polar surface area (TPSA) is 74.8 Å². The molecule has 2 aliphatic carbocycles. The van der Waals surface area contributed by atoms with Crippen molar-refractivity contribution in [2.75, 3.05) is 13.1 Å². The first kappa shape index (κ1) is 62.2. The zero-order chi connectivity index (χ0) is 56.4. The van der Waals surface area contributed by atoms with Gasteiger partial charge in [-0.25, -0.2) is 0 Å². The van der Waals surface area contributed by atoms with Crippen molar-refractivity contribution in [3.05, 3.63) is 77.8 Å². The van der Waals surface area contributed by atoms with E-state index in [1.54, 1.807) is 21.1 Å². The number of rotatable bonds is 37. The number of nitrogens with zero attached hydrogens (tertiary/aromatic N) is 2. The van der Waals surface area contributed by atoms with Crippen LogP contribution in [0.5, 0.6) is 0 Å². The van der Waals surface area contributed by atoms with E-state index in [4.69, 9.17) is 0 Å². The van der Waals surface area contributed by atoms with Crippen molar-refractivity contribution in [1.82, 2.24) is 9.80 Å². The smallest absolute Gasteiger partial charge is 0.262 e. The van der Waals surface area contributed by atoms with E-state index < -0.39 is 0 Å². The Balaban J connectivity index is 1.17. The first-order valence-electron chi connectivity index (χ1n) is 33.4. The third-order valence-corrected chi connectivity index (χ3v) is 21.2. The molecule has 0 spiro atoms. The molecule has 2 aromatic heterocycles. The van der Waals surface area contributed by atoms with Crippen molar-refractivity contribution >= 4 is 68.2 Å². The molecule has 8 heteroatoms. The second kappa shape index (κ2) is 31.7. The Bertz CT molecular complexity index is 2740. The van der Waals surface area contributed by atoms with Crippen LogP contribution in [-0.2, 0) is 12.8 Å². The molecule has 6 nitrogen and oxygen atoms in total. The number of unbranched alkanes of at least 4 members (excludes halogenated alkanes) is 24. The molecule has 438 valence electrons. The molecule has 0 saturated heterocycles. The predicted octanol–water partition coefficient (Wildman–Crippen LogP) is 21.8. The maximum Gasteiger partial charge on any atom is 0.262 e. The standard InChI is InChI=1S/C72H104N2O4S2/c1-7-11-15-19-23-25-29-33-39-53(37-31-27-21-17-13-9-3)49-73-70(76)61-47-59(64-48-58-56(42-36-44-63(58)80-64)55-41-35-43-62-57(55)46-52(6)79-62)68-67-60(45-51(5)65(66(61)67)71(73)77)69(75)74(72(68)78)50-54(38-32-28-22-18-14-10-4)40-34-30-26-24-20-16-12-8-2/h45-48,53-54H,7-44,49-50H2,1-6H3/b56-55+. The summed E-state index contributed by atoms with van der Waals surface area (Å²) in [6.45, 7) is 14.1. The van der Waals surface area contributed by atoms with E-state index in [0.29, 0.717) is 51.7 Å². The molecule has 8 rings (SSSR count). The molecule has 2 unspecified atom stereocenters. The molecule has 4 heterocycles. The Labute approximate surface area is 493 Å². The molecule has 4 aliphatic rings. The molecule has 0 radical (unpaired) electrons. The fourth-order valence-corrected chi connectivity index (χ4v) is 16.7. The molecule has 80 heavy (non-hydrogen) atoms. The van der Waals surface area contributed by atoms with Crippen LogP contribution in [0.4, 0.5) is 0 Å². The van der Waals surface area contributed by atoms with Crippen LogP contribution in [0, 0.1) is 25.7 Å². The Hall–Kier alpha value is -3.88. The van der Waals surface area contributed by atoms with Gasteiger partial charge in [0.1, 0.15) is 0 Å². The van der Waals surface area contributed by atoms with Crippen molar-refractivity contribution in [3.8, 4) is 10.4 Å². The maximum atomic E-state index is 15.9. The van der Waals surface area contributed by atoms with Crippen LogP contribution >= 0.6 is 22.7 Å². The largest absolute Gasteiger partial charge is 0.274 e. The molecule has 4 aromatic rings. The summed E-state index contributed by atoms with van der Waals surface area (Å²) in [6, 6.07) is 8.69. The number of amides is 4. The van der Waals surface area contributed by atoms with Gasteiger partial charge in [0.05, 0.1) is 11.1 Å². The summed E-state index contributed by atoms with van der Waals surface area (Å²) in [6.07, 6.45) is 45.1. The quantitative estimate of drug-likeness (QED) is 0.0333. The van der Waals surface area contributed by atoms with Gasteiger partial charge >= 0.3 is 0 Å². The second-order valence-electron chi connectivity index (χ2n) is 25.3. The Kier molecular flexibility index (Phi) is 24.6. The van der Waals surface area contributed by atoms with Gasteiger partial charge in [-0.05, 0) is 142 Å². The molecule has 4 amide bonds. The molecule has 0 saturated carbocycles. The molecular formula is C72H104N2O4S2. The third-order valence-electron chi connectivity index (χ3n) is 18.9. The van der Waals surface area contributed by atoms with E-state index in [1.165, 1.54) is 191 Å². The van der Waals surface area contributed by atoms with E-state index in [0.717, 1.165) is 100 Å². The number of imide groups is 2. The molecule has 0 N–H and O–H groups in total. The van der Waals surface area contributed by atoms with Gasteiger partial charge in [0.15, 0.2) is 0 Å². The summed E-state index contributed by atoms with van der Waals surface area (Å²) in [4.78, 5) is 70.6. The van der Waals surface area contributed by atoms with Gasteiger partial charge in [0.2, 0.25) is 0 Å². The summed E-state index contributed by atoms with van der Waals surface area (Å²) in [7, 11) is 0. The number of fused-ring (bicyclic) bond motifs is 2. The van der Waals surface area contributed by atoms with Crippen molar-refractivity contribution in [2.45, 2.75) is 286 Å². The van der Waals surface area contributed by atoms with Crippen LogP contribution < -0.4 is 0 Å². The fourth-order valence-electron chi connectivity index (χ4n) is 14.4. The van der Waals surface area contributed by atoms with Gasteiger partial charge in [-0.2, -0.15) is 0 Å². The summed E-state index contributed by atoms with van der Waals surface area (Å²) in [5.74, 6) is -0.631. The fraction of sp³-hybridized carbons (Fsp3) is 0.667. The lowest BCUT2D eigenvalue weighted by Crippen LogP contribution is -2.46. The van der Waals surface area contributed by atoms with Gasteiger partial charge in [-0.1, -0.05) is 207 Å². The number of aryl methyl sites for hydroxylation is 4. The van der Waals surface area contributed by atoms with Gasteiger partial charge in [0, 0.05) is 60.1 Å².